The van der Waals surface area contributed by atoms with E-state index in [1.54, 1.807) is 22.7 Å². The summed E-state index contributed by atoms with van der Waals surface area (Å²) in [5.41, 5.74) is 6.78. The standard InChI is InChI=1S/C18H24N6O3S/c1-18(2,3)27-17(26)24-8-6-23(7-9-24)14-4-5-20-10-12(14)21-15(25)13-11-28-16(19)22-13/h4-5,10-11H,6-9H2,1-3H3,(H2,19,22)(H,21,25). The maximum absolute atomic E-state index is 12.4. The molecule has 10 heteroatoms. The van der Waals surface area contributed by atoms with E-state index in [2.05, 4.69) is 20.2 Å². The van der Waals surface area contributed by atoms with Crippen LogP contribution < -0.4 is 16.0 Å². The Labute approximate surface area is 167 Å². The molecular weight excluding hydrogens is 380 g/mol. The van der Waals surface area contributed by atoms with Crippen LogP contribution in [0.25, 0.3) is 0 Å². The van der Waals surface area contributed by atoms with E-state index in [1.165, 1.54) is 11.3 Å². The quantitative estimate of drug-likeness (QED) is 0.807. The maximum Gasteiger partial charge on any atom is 0.410 e. The van der Waals surface area contributed by atoms with Crippen molar-refractivity contribution in [2.75, 3.05) is 42.1 Å². The van der Waals surface area contributed by atoms with E-state index in [1.807, 2.05) is 26.8 Å². The molecule has 0 aromatic carbocycles. The summed E-state index contributed by atoms with van der Waals surface area (Å²) >= 11 is 1.21. The lowest BCUT2D eigenvalue weighted by molar-refractivity contribution is 0.0240. The predicted molar refractivity (Wildman–Crippen MR) is 109 cm³/mol. The van der Waals surface area contributed by atoms with Gasteiger partial charge in [0.2, 0.25) is 0 Å². The molecule has 0 radical (unpaired) electrons. The number of thiazole rings is 1. The summed E-state index contributed by atoms with van der Waals surface area (Å²) < 4.78 is 5.43. The van der Waals surface area contributed by atoms with Crippen molar-refractivity contribution in [3.05, 3.63) is 29.5 Å². The lowest BCUT2D eigenvalue weighted by Crippen LogP contribution is -2.50. The molecule has 1 aliphatic rings. The molecule has 0 saturated carbocycles. The van der Waals surface area contributed by atoms with Crippen LogP contribution >= 0.6 is 11.3 Å². The normalized spacial score (nSPS) is 14.7. The Morgan fingerprint density at radius 3 is 2.57 bits per heavy atom. The van der Waals surface area contributed by atoms with Crippen LogP contribution in [-0.4, -0.2) is 58.6 Å². The Balaban J connectivity index is 1.65. The molecule has 3 N–H and O–H groups in total. The lowest BCUT2D eigenvalue weighted by Gasteiger charge is -2.37. The third kappa shape index (κ3) is 4.89. The number of carbonyl (C=O) groups is 2. The second-order valence-corrected chi connectivity index (χ2v) is 8.26. The highest BCUT2D eigenvalue weighted by molar-refractivity contribution is 7.13. The fourth-order valence-electron chi connectivity index (χ4n) is 2.79. The molecule has 1 saturated heterocycles. The Bertz CT molecular complexity index is 855. The van der Waals surface area contributed by atoms with Gasteiger partial charge in [-0.1, -0.05) is 0 Å². The van der Waals surface area contributed by atoms with Crippen molar-refractivity contribution in [1.29, 1.82) is 0 Å². The highest BCUT2D eigenvalue weighted by atomic mass is 32.1. The summed E-state index contributed by atoms with van der Waals surface area (Å²) in [6, 6.07) is 1.84. The van der Waals surface area contributed by atoms with Gasteiger partial charge in [-0.05, 0) is 26.8 Å². The van der Waals surface area contributed by atoms with Crippen molar-refractivity contribution in [3.63, 3.8) is 0 Å². The zero-order chi connectivity index (χ0) is 20.3. The molecule has 3 rings (SSSR count). The molecule has 1 aliphatic heterocycles. The molecule has 0 unspecified atom stereocenters. The summed E-state index contributed by atoms with van der Waals surface area (Å²) in [6.07, 6.45) is 2.96. The van der Waals surface area contributed by atoms with Gasteiger partial charge >= 0.3 is 6.09 Å². The molecule has 0 atom stereocenters. The molecule has 0 bridgehead atoms. The third-order valence-corrected chi connectivity index (χ3v) is 4.75. The van der Waals surface area contributed by atoms with Crippen LogP contribution in [0.2, 0.25) is 0 Å². The molecule has 3 heterocycles. The van der Waals surface area contributed by atoms with Crippen molar-refractivity contribution in [3.8, 4) is 0 Å². The van der Waals surface area contributed by atoms with Gasteiger partial charge in [-0.3, -0.25) is 9.78 Å². The van der Waals surface area contributed by atoms with Gasteiger partial charge in [0.05, 0.1) is 17.6 Å². The molecule has 28 heavy (non-hydrogen) atoms. The average Bonchev–Trinajstić information content (AvgIpc) is 3.07. The highest BCUT2D eigenvalue weighted by Gasteiger charge is 2.27. The molecule has 2 aromatic heterocycles. The van der Waals surface area contributed by atoms with E-state index >= 15 is 0 Å². The first kappa shape index (κ1) is 19.9. The van der Waals surface area contributed by atoms with Crippen LogP contribution in [-0.2, 0) is 4.74 Å². The number of carbonyl (C=O) groups excluding carboxylic acids is 2. The van der Waals surface area contributed by atoms with Crippen LogP contribution in [0.3, 0.4) is 0 Å². The summed E-state index contributed by atoms with van der Waals surface area (Å²) in [5, 5.41) is 4.80. The van der Waals surface area contributed by atoms with Crippen molar-refractivity contribution >= 4 is 39.8 Å². The summed E-state index contributed by atoms with van der Waals surface area (Å²) in [4.78, 5) is 36.5. The number of ether oxygens (including phenoxy) is 1. The van der Waals surface area contributed by atoms with E-state index in [9.17, 15) is 9.59 Å². The smallest absolute Gasteiger partial charge is 0.410 e. The summed E-state index contributed by atoms with van der Waals surface area (Å²) in [6.45, 7) is 7.86. The first-order valence-electron chi connectivity index (χ1n) is 8.92. The topological polar surface area (TPSA) is 114 Å². The number of nitrogens with one attached hydrogen (secondary N) is 1. The van der Waals surface area contributed by atoms with Crippen LogP contribution in [0, 0.1) is 0 Å². The van der Waals surface area contributed by atoms with Gasteiger partial charge in [0, 0.05) is 37.8 Å². The SMILES string of the molecule is CC(C)(C)OC(=O)N1CCN(c2ccncc2NC(=O)c2csc(N)n2)CC1. The Kier molecular flexibility index (Phi) is 5.68. The molecule has 1 fully saturated rings. The van der Waals surface area contributed by atoms with Gasteiger partial charge in [-0.2, -0.15) is 0 Å². The number of pyridine rings is 1. The van der Waals surface area contributed by atoms with Crippen LogP contribution in [0.4, 0.5) is 21.3 Å². The van der Waals surface area contributed by atoms with E-state index in [-0.39, 0.29) is 17.7 Å². The second-order valence-electron chi connectivity index (χ2n) is 7.37. The zero-order valence-electron chi connectivity index (χ0n) is 16.1. The van der Waals surface area contributed by atoms with Gasteiger partial charge < -0.3 is 25.6 Å². The third-order valence-electron chi connectivity index (χ3n) is 4.07. The lowest BCUT2D eigenvalue weighted by atomic mass is 10.2. The van der Waals surface area contributed by atoms with Gasteiger partial charge in [-0.25, -0.2) is 9.78 Å². The van der Waals surface area contributed by atoms with Crippen molar-refractivity contribution in [2.24, 2.45) is 0 Å². The fraction of sp³-hybridized carbons (Fsp3) is 0.444. The summed E-state index contributed by atoms with van der Waals surface area (Å²) in [7, 11) is 0. The minimum atomic E-state index is -0.518. The molecule has 0 spiro atoms. The number of nitrogens with zero attached hydrogens (tertiary/aromatic N) is 4. The van der Waals surface area contributed by atoms with Crippen LogP contribution in [0.15, 0.2) is 23.8 Å². The summed E-state index contributed by atoms with van der Waals surface area (Å²) in [5.74, 6) is -0.338. The molecule has 2 amide bonds. The fourth-order valence-corrected chi connectivity index (χ4v) is 3.34. The van der Waals surface area contributed by atoms with Gasteiger partial charge in [0.25, 0.3) is 5.91 Å². The largest absolute Gasteiger partial charge is 0.444 e. The van der Waals surface area contributed by atoms with Gasteiger partial charge in [0.15, 0.2) is 5.13 Å². The van der Waals surface area contributed by atoms with Crippen molar-refractivity contribution in [2.45, 2.75) is 26.4 Å². The molecule has 0 aliphatic carbocycles. The van der Waals surface area contributed by atoms with E-state index in [0.717, 1.165) is 5.69 Å². The van der Waals surface area contributed by atoms with E-state index in [4.69, 9.17) is 10.5 Å². The zero-order valence-corrected chi connectivity index (χ0v) is 17.0. The number of amides is 2. The first-order chi connectivity index (χ1) is 13.2. The minimum Gasteiger partial charge on any atom is -0.444 e. The number of anilines is 3. The number of nitrogen functional groups attached to an aromatic ring is 1. The maximum atomic E-state index is 12.4. The second kappa shape index (κ2) is 8.01. The average molecular weight is 404 g/mol. The van der Waals surface area contributed by atoms with Crippen molar-refractivity contribution in [1.82, 2.24) is 14.9 Å². The number of piperazine rings is 1. The molecule has 150 valence electrons. The molecule has 9 nitrogen and oxygen atoms in total. The van der Waals surface area contributed by atoms with E-state index < -0.39 is 5.60 Å². The number of hydrogen-bond acceptors (Lipinski definition) is 8. The minimum absolute atomic E-state index is 0.270. The Morgan fingerprint density at radius 1 is 1.25 bits per heavy atom. The van der Waals surface area contributed by atoms with Gasteiger partial charge in [-0.15, -0.1) is 11.3 Å². The number of nitrogens with two attached hydrogens (primary N) is 1. The Morgan fingerprint density at radius 2 is 1.96 bits per heavy atom. The van der Waals surface area contributed by atoms with Gasteiger partial charge in [0.1, 0.15) is 11.3 Å². The number of hydrogen-bond donors (Lipinski definition) is 2. The number of rotatable bonds is 3. The van der Waals surface area contributed by atoms with Crippen LogP contribution in [0.1, 0.15) is 31.3 Å². The monoisotopic (exact) mass is 404 g/mol. The molecular formula is C18H24N6O3S. The predicted octanol–water partition coefficient (Wildman–Crippen LogP) is 2.43. The highest BCUT2D eigenvalue weighted by Crippen LogP contribution is 2.27. The van der Waals surface area contributed by atoms with E-state index in [0.29, 0.717) is 37.0 Å². The number of aromatic nitrogens is 2. The first-order valence-corrected chi connectivity index (χ1v) is 9.80. The van der Waals surface area contributed by atoms with Crippen molar-refractivity contribution < 1.29 is 14.3 Å². The Hall–Kier alpha value is -2.88. The molecule has 2 aromatic rings. The van der Waals surface area contributed by atoms with Crippen LogP contribution in [0.5, 0.6) is 0 Å².